The first-order valence-electron chi connectivity index (χ1n) is 9.67. The second-order valence-electron chi connectivity index (χ2n) is 6.97. The van der Waals surface area contributed by atoms with E-state index in [1.807, 2.05) is 60.7 Å². The highest BCUT2D eigenvalue weighted by atomic mass is 127. The van der Waals surface area contributed by atoms with Gasteiger partial charge in [0.15, 0.2) is 17.2 Å². The van der Waals surface area contributed by atoms with Gasteiger partial charge in [-0.2, -0.15) is 0 Å². The largest absolute Gasteiger partial charge is 0.493 e. The van der Waals surface area contributed by atoms with Gasteiger partial charge in [-0.25, -0.2) is 9.79 Å². The lowest BCUT2D eigenvalue weighted by molar-refractivity contribution is -0.129. The number of methoxy groups -OCH3 is 1. The highest BCUT2D eigenvalue weighted by Gasteiger charge is 2.24. The Morgan fingerprint density at radius 1 is 1.03 bits per heavy atom. The first-order valence-corrected chi connectivity index (χ1v) is 10.8. The van der Waals surface area contributed by atoms with Crippen LogP contribution in [-0.4, -0.2) is 19.0 Å². The molecule has 1 aliphatic rings. The minimum Gasteiger partial charge on any atom is -0.493 e. The molecule has 6 heteroatoms. The van der Waals surface area contributed by atoms with Crippen molar-refractivity contribution in [1.82, 2.24) is 0 Å². The zero-order valence-electron chi connectivity index (χ0n) is 17.1. The maximum absolute atomic E-state index is 12.3. The van der Waals surface area contributed by atoms with Crippen LogP contribution in [0.3, 0.4) is 0 Å². The summed E-state index contributed by atoms with van der Waals surface area (Å²) in [6, 6.07) is 21.2. The lowest BCUT2D eigenvalue weighted by atomic mass is 10.1. The Morgan fingerprint density at radius 3 is 2.55 bits per heavy atom. The van der Waals surface area contributed by atoms with Crippen molar-refractivity contribution in [2.24, 2.45) is 4.99 Å². The summed E-state index contributed by atoms with van der Waals surface area (Å²) < 4.78 is 17.9. The summed E-state index contributed by atoms with van der Waals surface area (Å²) in [6.45, 7) is 2.50. The van der Waals surface area contributed by atoms with Crippen molar-refractivity contribution in [3.63, 3.8) is 0 Å². The van der Waals surface area contributed by atoms with Gasteiger partial charge in [0.2, 0.25) is 5.90 Å². The molecule has 0 saturated heterocycles. The Labute approximate surface area is 194 Å². The van der Waals surface area contributed by atoms with E-state index in [4.69, 9.17) is 14.2 Å². The monoisotopic (exact) mass is 525 g/mol. The van der Waals surface area contributed by atoms with E-state index < -0.39 is 5.97 Å². The summed E-state index contributed by atoms with van der Waals surface area (Å²) in [4.78, 5) is 16.6. The van der Waals surface area contributed by atoms with Crippen LogP contribution >= 0.6 is 22.6 Å². The van der Waals surface area contributed by atoms with Crippen molar-refractivity contribution in [3.05, 3.63) is 98.3 Å². The van der Waals surface area contributed by atoms with Gasteiger partial charge in [-0.3, -0.25) is 0 Å². The molecule has 3 aromatic carbocycles. The molecule has 4 rings (SSSR count). The van der Waals surface area contributed by atoms with Gasteiger partial charge in [0.1, 0.15) is 6.61 Å². The van der Waals surface area contributed by atoms with Gasteiger partial charge >= 0.3 is 5.97 Å². The molecule has 1 aliphatic heterocycles. The fraction of sp³-hybridized carbons (Fsp3) is 0.120. The predicted molar refractivity (Wildman–Crippen MR) is 128 cm³/mol. The molecule has 0 bridgehead atoms. The van der Waals surface area contributed by atoms with Crippen molar-refractivity contribution in [3.8, 4) is 11.5 Å². The van der Waals surface area contributed by atoms with Crippen LogP contribution in [-0.2, 0) is 16.1 Å². The maximum Gasteiger partial charge on any atom is 0.363 e. The molecule has 0 spiro atoms. The van der Waals surface area contributed by atoms with Gasteiger partial charge in [0.05, 0.1) is 7.11 Å². The molecular formula is C25H20INO4. The number of aryl methyl sites for hydroxylation is 1. The number of benzene rings is 3. The van der Waals surface area contributed by atoms with Crippen LogP contribution in [0.15, 0.2) is 77.4 Å². The van der Waals surface area contributed by atoms with Crippen molar-refractivity contribution in [2.45, 2.75) is 13.5 Å². The fourth-order valence-corrected chi connectivity index (χ4v) is 3.46. The van der Waals surface area contributed by atoms with Gasteiger partial charge in [-0.15, -0.1) is 0 Å². The molecule has 0 radical (unpaired) electrons. The topological polar surface area (TPSA) is 57.1 Å². The Balaban J connectivity index is 1.54. The normalized spacial score (nSPS) is 14.4. The van der Waals surface area contributed by atoms with Gasteiger partial charge in [-0.1, -0.05) is 30.3 Å². The molecule has 0 saturated carbocycles. The molecular weight excluding hydrogens is 505 g/mol. The minimum atomic E-state index is -0.479. The van der Waals surface area contributed by atoms with Crippen LogP contribution in [0, 0.1) is 10.5 Å². The molecule has 156 valence electrons. The number of carbonyl (C=O) groups is 1. The third-order valence-electron chi connectivity index (χ3n) is 4.85. The third kappa shape index (κ3) is 4.96. The van der Waals surface area contributed by atoms with Crippen LogP contribution in [0.4, 0.5) is 0 Å². The Bertz CT molecular complexity index is 1180. The van der Waals surface area contributed by atoms with Crippen molar-refractivity contribution in [2.75, 3.05) is 7.11 Å². The fourth-order valence-electron chi connectivity index (χ4n) is 3.10. The standard InChI is InChI=1S/C25H20INO4/c1-16-5-3-4-6-19(16)15-30-22-12-7-17(14-23(22)29-2)13-21-25(28)31-24(27-21)18-8-10-20(26)11-9-18/h3-14H,15H2,1-2H3/b21-13-. The number of carbonyl (C=O) groups excluding carboxylic acids is 1. The maximum atomic E-state index is 12.3. The molecule has 3 aromatic rings. The second kappa shape index (κ2) is 9.34. The van der Waals surface area contributed by atoms with E-state index in [-0.39, 0.29) is 5.70 Å². The molecule has 0 unspecified atom stereocenters. The van der Waals surface area contributed by atoms with Crippen molar-refractivity contribution < 1.29 is 19.0 Å². The number of nitrogens with zero attached hydrogens (tertiary/aromatic N) is 1. The molecule has 1 heterocycles. The van der Waals surface area contributed by atoms with Gasteiger partial charge < -0.3 is 14.2 Å². The van der Waals surface area contributed by atoms with Crippen LogP contribution < -0.4 is 9.47 Å². The molecule has 5 nitrogen and oxygen atoms in total. The Hall–Kier alpha value is -3.13. The van der Waals surface area contributed by atoms with E-state index in [1.54, 1.807) is 13.2 Å². The number of ether oxygens (including phenoxy) is 3. The lowest BCUT2D eigenvalue weighted by Gasteiger charge is -2.12. The van der Waals surface area contributed by atoms with E-state index >= 15 is 0 Å². The summed E-state index contributed by atoms with van der Waals surface area (Å²) in [7, 11) is 1.59. The zero-order chi connectivity index (χ0) is 21.8. The smallest absolute Gasteiger partial charge is 0.363 e. The number of esters is 1. The van der Waals surface area contributed by atoms with Crippen LogP contribution in [0.25, 0.3) is 6.08 Å². The molecule has 0 aliphatic carbocycles. The molecule has 0 N–H and O–H groups in total. The number of aliphatic imine (C=N–C) groups is 1. The van der Waals surface area contributed by atoms with Crippen LogP contribution in [0.1, 0.15) is 22.3 Å². The van der Waals surface area contributed by atoms with Crippen molar-refractivity contribution in [1.29, 1.82) is 0 Å². The lowest BCUT2D eigenvalue weighted by Crippen LogP contribution is -2.05. The molecule has 0 atom stereocenters. The van der Waals surface area contributed by atoms with E-state index in [0.717, 1.165) is 20.3 Å². The number of rotatable bonds is 6. The van der Waals surface area contributed by atoms with Crippen LogP contribution in [0.5, 0.6) is 11.5 Å². The molecule has 0 amide bonds. The Morgan fingerprint density at radius 2 is 1.81 bits per heavy atom. The number of hydrogen-bond donors (Lipinski definition) is 0. The van der Waals surface area contributed by atoms with E-state index in [0.29, 0.717) is 24.0 Å². The average Bonchev–Trinajstić information content (AvgIpc) is 3.14. The quantitative estimate of drug-likeness (QED) is 0.241. The summed E-state index contributed by atoms with van der Waals surface area (Å²) in [6.07, 6.45) is 1.68. The first kappa shape index (κ1) is 21.1. The molecule has 31 heavy (non-hydrogen) atoms. The summed E-state index contributed by atoms with van der Waals surface area (Å²) in [5.41, 5.74) is 4.05. The predicted octanol–water partition coefficient (Wildman–Crippen LogP) is 5.53. The number of hydrogen-bond acceptors (Lipinski definition) is 5. The average molecular weight is 525 g/mol. The van der Waals surface area contributed by atoms with E-state index in [9.17, 15) is 4.79 Å². The summed E-state index contributed by atoms with van der Waals surface area (Å²) in [5.74, 6) is 1.03. The summed E-state index contributed by atoms with van der Waals surface area (Å²) in [5, 5.41) is 0. The molecule has 0 fully saturated rings. The number of halogens is 1. The van der Waals surface area contributed by atoms with Gasteiger partial charge in [0, 0.05) is 9.13 Å². The molecule has 0 aromatic heterocycles. The first-order chi connectivity index (χ1) is 15.0. The van der Waals surface area contributed by atoms with Gasteiger partial charge in [-0.05, 0) is 88.7 Å². The van der Waals surface area contributed by atoms with Gasteiger partial charge in [0.25, 0.3) is 0 Å². The highest BCUT2D eigenvalue weighted by molar-refractivity contribution is 14.1. The minimum absolute atomic E-state index is 0.240. The second-order valence-corrected chi connectivity index (χ2v) is 8.21. The van der Waals surface area contributed by atoms with E-state index in [1.165, 1.54) is 5.56 Å². The Kier molecular flexibility index (Phi) is 6.36. The highest BCUT2D eigenvalue weighted by Crippen LogP contribution is 2.30. The van der Waals surface area contributed by atoms with E-state index in [2.05, 4.69) is 40.6 Å². The summed E-state index contributed by atoms with van der Waals surface area (Å²) >= 11 is 2.22. The zero-order valence-corrected chi connectivity index (χ0v) is 19.3. The number of cyclic esters (lactones) is 1. The van der Waals surface area contributed by atoms with Crippen molar-refractivity contribution >= 4 is 40.5 Å². The van der Waals surface area contributed by atoms with Crippen LogP contribution in [0.2, 0.25) is 0 Å². The third-order valence-corrected chi connectivity index (χ3v) is 5.57. The SMILES string of the molecule is COc1cc(/C=C2\N=C(c3ccc(I)cc3)OC2=O)ccc1OCc1ccccc1C.